The van der Waals surface area contributed by atoms with Crippen molar-refractivity contribution >= 4 is 29.7 Å². The number of hydrogen-bond acceptors (Lipinski definition) is 4. The second-order valence-corrected chi connectivity index (χ2v) is 10.3. The molecule has 42 heavy (non-hydrogen) atoms. The van der Waals surface area contributed by atoms with Gasteiger partial charge in [0.2, 0.25) is 0 Å². The quantitative estimate of drug-likeness (QED) is 0.148. The minimum Gasteiger partial charge on any atom is -0.395 e. The lowest BCUT2D eigenvalue weighted by Gasteiger charge is -2.23. The van der Waals surface area contributed by atoms with Crippen LogP contribution in [0.25, 0.3) is 17.2 Å². The summed E-state index contributed by atoms with van der Waals surface area (Å²) in [6, 6.07) is 30.6. The number of amides is 2. The predicted molar refractivity (Wildman–Crippen MR) is 160 cm³/mol. The van der Waals surface area contributed by atoms with Crippen LogP contribution < -0.4 is 5.32 Å². The Bertz CT molecular complexity index is 1490. The summed E-state index contributed by atoms with van der Waals surface area (Å²) in [6.45, 7) is -0.259. The molecule has 0 bridgehead atoms. The molecule has 0 fully saturated rings. The van der Waals surface area contributed by atoms with Crippen LogP contribution in [-0.4, -0.2) is 40.8 Å². The van der Waals surface area contributed by atoms with E-state index in [1.54, 1.807) is 12.1 Å². The van der Waals surface area contributed by atoms with Crippen LogP contribution in [0.2, 0.25) is 0 Å². The van der Waals surface area contributed by atoms with Gasteiger partial charge in [0.15, 0.2) is 0 Å². The van der Waals surface area contributed by atoms with Crippen molar-refractivity contribution in [3.05, 3.63) is 137 Å². The molecule has 9 heteroatoms. The molecule has 4 aromatic rings. The fraction of sp³-hybridized carbons (Fsp3) is 0.152. The molecule has 0 aliphatic rings. The summed E-state index contributed by atoms with van der Waals surface area (Å²) in [4.78, 5) is 28.2. The van der Waals surface area contributed by atoms with E-state index in [2.05, 4.69) is 5.32 Å². The van der Waals surface area contributed by atoms with E-state index in [1.807, 2.05) is 72.8 Å². The summed E-state index contributed by atoms with van der Waals surface area (Å²) in [5, 5.41) is 12.3. The van der Waals surface area contributed by atoms with Gasteiger partial charge in [-0.1, -0.05) is 84.9 Å². The van der Waals surface area contributed by atoms with E-state index in [0.29, 0.717) is 11.3 Å². The molecule has 5 nitrogen and oxygen atoms in total. The number of aliphatic hydroxyl groups excluding tert-OH is 1. The molecular weight excluding hydrogens is 561 g/mol. The van der Waals surface area contributed by atoms with E-state index in [0.717, 1.165) is 41.0 Å². The Morgan fingerprint density at radius 2 is 1.40 bits per heavy atom. The van der Waals surface area contributed by atoms with Gasteiger partial charge in [-0.2, -0.15) is 13.2 Å². The number of carbonyl (C=O) groups is 2. The zero-order valence-electron chi connectivity index (χ0n) is 22.6. The summed E-state index contributed by atoms with van der Waals surface area (Å²) < 4.78 is 39.0. The van der Waals surface area contributed by atoms with Crippen LogP contribution in [0.4, 0.5) is 13.2 Å². The minimum atomic E-state index is -4.54. The summed E-state index contributed by atoms with van der Waals surface area (Å²) in [5.41, 5.74) is 2.71. The van der Waals surface area contributed by atoms with E-state index >= 15 is 0 Å². The van der Waals surface area contributed by atoms with Gasteiger partial charge >= 0.3 is 6.18 Å². The average Bonchev–Trinajstić information content (AvgIpc) is 3.01. The Balaban J connectivity index is 1.58. The molecular formula is C33H29F3N2O3S. The van der Waals surface area contributed by atoms with Gasteiger partial charge in [0.25, 0.3) is 11.8 Å². The predicted octanol–water partition coefficient (Wildman–Crippen LogP) is 6.86. The van der Waals surface area contributed by atoms with Crippen molar-refractivity contribution in [2.45, 2.75) is 11.9 Å². The third-order valence-corrected chi connectivity index (χ3v) is 7.33. The molecule has 0 aliphatic heterocycles. The molecule has 0 radical (unpaired) electrons. The number of carbonyl (C=O) groups excluding carboxylic acids is 2. The van der Waals surface area contributed by atoms with Crippen molar-refractivity contribution in [2.75, 3.05) is 19.0 Å². The molecule has 0 aromatic heterocycles. The fourth-order valence-electron chi connectivity index (χ4n) is 4.09. The second kappa shape index (κ2) is 14.5. The highest BCUT2D eigenvalue weighted by atomic mass is 32.2. The van der Waals surface area contributed by atoms with Crippen LogP contribution >= 0.6 is 11.8 Å². The summed E-state index contributed by atoms with van der Waals surface area (Å²) in [6.07, 6.45) is -3.02. The molecule has 0 atom stereocenters. The van der Waals surface area contributed by atoms with Crippen molar-refractivity contribution in [1.29, 1.82) is 0 Å². The number of nitrogens with one attached hydrogen (secondary N) is 1. The van der Waals surface area contributed by atoms with Crippen LogP contribution in [0.1, 0.15) is 27.0 Å². The molecule has 216 valence electrons. The number of alkyl halides is 3. The topological polar surface area (TPSA) is 69.6 Å². The first-order chi connectivity index (χ1) is 20.2. The van der Waals surface area contributed by atoms with Gasteiger partial charge in [-0.3, -0.25) is 9.59 Å². The smallest absolute Gasteiger partial charge is 0.395 e. The summed E-state index contributed by atoms with van der Waals surface area (Å²) in [5.74, 6) is -0.384. The first-order valence-electron chi connectivity index (χ1n) is 13.1. The number of nitrogens with zero attached hydrogens (tertiary/aromatic N) is 1. The van der Waals surface area contributed by atoms with Crippen molar-refractivity contribution < 1.29 is 27.9 Å². The number of thioether (sulfide) groups is 1. The Kier molecular flexibility index (Phi) is 10.6. The number of rotatable bonds is 11. The SMILES string of the molecule is O=C(NC(=Cc1ccc(-c2ccccc2)cc1)C(=O)N(CCO)CSCc1ccccc1)c1ccc(C(F)(F)F)cc1. The molecule has 0 saturated carbocycles. The number of aliphatic hydroxyl groups is 1. The molecule has 4 aromatic carbocycles. The molecule has 2 N–H and O–H groups in total. The molecule has 0 aliphatic carbocycles. The highest BCUT2D eigenvalue weighted by molar-refractivity contribution is 7.98. The van der Waals surface area contributed by atoms with Crippen LogP contribution in [0, 0.1) is 0 Å². The average molecular weight is 591 g/mol. The van der Waals surface area contributed by atoms with Gasteiger partial charge in [0.1, 0.15) is 5.70 Å². The van der Waals surface area contributed by atoms with Gasteiger partial charge in [-0.05, 0) is 52.6 Å². The van der Waals surface area contributed by atoms with Crippen LogP contribution in [0.5, 0.6) is 0 Å². The first kappa shape index (κ1) is 30.6. The second-order valence-electron chi connectivity index (χ2n) is 9.33. The fourth-order valence-corrected chi connectivity index (χ4v) is 5.08. The van der Waals surface area contributed by atoms with Crippen molar-refractivity contribution in [2.24, 2.45) is 0 Å². The highest BCUT2D eigenvalue weighted by Gasteiger charge is 2.30. The maximum atomic E-state index is 13.7. The molecule has 0 unspecified atom stereocenters. The lowest BCUT2D eigenvalue weighted by molar-refractivity contribution is -0.137. The largest absolute Gasteiger partial charge is 0.416 e. The third-order valence-electron chi connectivity index (χ3n) is 6.30. The number of hydrogen-bond donors (Lipinski definition) is 2. The van der Waals surface area contributed by atoms with Crippen molar-refractivity contribution in [1.82, 2.24) is 10.2 Å². The lowest BCUT2D eigenvalue weighted by Crippen LogP contribution is -2.39. The van der Waals surface area contributed by atoms with Gasteiger partial charge in [0, 0.05) is 17.9 Å². The highest BCUT2D eigenvalue weighted by Crippen LogP contribution is 2.29. The zero-order chi connectivity index (χ0) is 30.0. The third kappa shape index (κ3) is 8.58. The Morgan fingerprint density at radius 3 is 2.00 bits per heavy atom. The molecule has 0 spiro atoms. The maximum Gasteiger partial charge on any atom is 0.416 e. The van der Waals surface area contributed by atoms with E-state index in [-0.39, 0.29) is 30.3 Å². The van der Waals surface area contributed by atoms with Gasteiger partial charge in [-0.15, -0.1) is 11.8 Å². The van der Waals surface area contributed by atoms with Crippen LogP contribution in [0.3, 0.4) is 0 Å². The van der Waals surface area contributed by atoms with Crippen LogP contribution in [-0.2, 0) is 16.7 Å². The van der Waals surface area contributed by atoms with Crippen molar-refractivity contribution in [3.8, 4) is 11.1 Å². The van der Waals surface area contributed by atoms with E-state index < -0.39 is 23.6 Å². The number of benzene rings is 4. The standard InChI is InChI=1S/C33H29F3N2O3S/c34-33(35,36)29-17-15-28(16-18-29)31(40)37-30(21-24-11-13-27(14-12-24)26-9-5-2-6-10-26)32(41)38(19-20-39)23-42-22-25-7-3-1-4-8-25/h1-18,21,39H,19-20,22-23H2,(H,37,40). The van der Waals surface area contributed by atoms with E-state index in [9.17, 15) is 27.9 Å². The molecule has 4 rings (SSSR count). The Labute approximate surface area is 246 Å². The van der Waals surface area contributed by atoms with Crippen LogP contribution in [0.15, 0.2) is 115 Å². The van der Waals surface area contributed by atoms with Gasteiger partial charge in [-0.25, -0.2) is 0 Å². The normalized spacial score (nSPS) is 11.7. The van der Waals surface area contributed by atoms with Gasteiger partial charge < -0.3 is 15.3 Å². The van der Waals surface area contributed by atoms with E-state index in [4.69, 9.17) is 0 Å². The summed E-state index contributed by atoms with van der Waals surface area (Å²) >= 11 is 1.47. The van der Waals surface area contributed by atoms with Gasteiger partial charge in [0.05, 0.1) is 18.0 Å². The number of halogens is 3. The van der Waals surface area contributed by atoms with E-state index in [1.165, 1.54) is 22.7 Å². The maximum absolute atomic E-state index is 13.7. The molecule has 2 amide bonds. The summed E-state index contributed by atoms with van der Waals surface area (Å²) in [7, 11) is 0. The molecule has 0 heterocycles. The lowest BCUT2D eigenvalue weighted by atomic mass is 10.0. The monoisotopic (exact) mass is 590 g/mol. The Morgan fingerprint density at radius 1 is 0.810 bits per heavy atom. The minimum absolute atomic E-state index is 0.0288. The zero-order valence-corrected chi connectivity index (χ0v) is 23.4. The Hall–Kier alpha value is -4.34. The molecule has 0 saturated heterocycles. The first-order valence-corrected chi connectivity index (χ1v) is 14.3. The van der Waals surface area contributed by atoms with Crippen molar-refractivity contribution in [3.63, 3.8) is 0 Å².